The Bertz CT molecular complexity index is 431. The zero-order valence-electron chi connectivity index (χ0n) is 6.17. The van der Waals surface area contributed by atoms with Crippen molar-refractivity contribution in [1.82, 2.24) is 4.98 Å². The third-order valence-electron chi connectivity index (χ3n) is 1.22. The Labute approximate surface area is 70.8 Å². The average Bonchev–Trinajstić information content (AvgIpc) is 1.82. The second-order valence-corrected chi connectivity index (χ2v) is 3.10. The van der Waals surface area contributed by atoms with E-state index in [0.29, 0.717) is 11.3 Å². The lowest BCUT2D eigenvalue weighted by atomic mass is 10.2. The van der Waals surface area contributed by atoms with E-state index in [-0.39, 0.29) is 11.3 Å². The molecule has 0 fully saturated rings. The van der Waals surface area contributed by atoms with Crippen LogP contribution < -0.4 is 9.62 Å². The largest absolute Gasteiger partial charge is 0.494 e. The number of aromatic hydroxyl groups is 1. The van der Waals surface area contributed by atoms with Gasteiger partial charge in [0.1, 0.15) is 5.56 Å². The maximum Gasteiger partial charge on any atom is 0.310 e. The lowest BCUT2D eigenvalue weighted by molar-refractivity contribution is 0.451. The zero-order valence-corrected chi connectivity index (χ0v) is 6.99. The molecule has 0 spiro atoms. The van der Waals surface area contributed by atoms with Crippen LogP contribution in [0.2, 0.25) is 0 Å². The summed E-state index contributed by atoms with van der Waals surface area (Å²) in [6.45, 7) is 1.36. The van der Waals surface area contributed by atoms with Gasteiger partial charge in [-0.3, -0.25) is 14.6 Å². The Morgan fingerprint density at radius 1 is 1.58 bits per heavy atom. The van der Waals surface area contributed by atoms with Gasteiger partial charge in [-0.25, -0.2) is 0 Å². The Morgan fingerprint density at radius 2 is 2.17 bits per heavy atom. The van der Waals surface area contributed by atoms with Crippen LogP contribution in [0.5, 0.6) is 5.88 Å². The summed E-state index contributed by atoms with van der Waals surface area (Å²) in [7, 11) is 0. The topological polar surface area (TPSA) is 94.0 Å². The predicted octanol–water partition coefficient (Wildman–Crippen LogP) is -0.110. The number of rotatable bonds is 1. The van der Waals surface area contributed by atoms with Gasteiger partial charge in [-0.15, -0.1) is 0 Å². The summed E-state index contributed by atoms with van der Waals surface area (Å²) in [5.74, 6) is -0.531. The smallest absolute Gasteiger partial charge is 0.310 e. The van der Waals surface area contributed by atoms with E-state index in [1.807, 2.05) is 4.98 Å². The van der Waals surface area contributed by atoms with E-state index in [0.717, 1.165) is 0 Å². The number of hydrogen-bond donors (Lipinski definition) is 3. The molecular formula is C6H6N2O3S. The maximum absolute atomic E-state index is 11.0. The van der Waals surface area contributed by atoms with Gasteiger partial charge in [0.05, 0.1) is 0 Å². The molecule has 1 aromatic rings. The molecule has 64 valence electrons. The van der Waals surface area contributed by atoms with E-state index in [2.05, 4.69) is 0 Å². The minimum absolute atomic E-state index is 0.0648. The van der Waals surface area contributed by atoms with Gasteiger partial charge in [-0.1, -0.05) is 0 Å². The van der Waals surface area contributed by atoms with E-state index in [4.69, 9.17) is 10.5 Å². The standard InChI is InChI=1S/C6H6N2O3S/c1-2(7)3-4(9)8-6(11)12-5(3)10/h7,9H,1H3,(H,8,11). The van der Waals surface area contributed by atoms with Gasteiger partial charge in [0.2, 0.25) is 5.88 Å². The van der Waals surface area contributed by atoms with E-state index in [1.54, 1.807) is 0 Å². The molecule has 1 rings (SSSR count). The number of aromatic amines is 1. The van der Waals surface area contributed by atoms with Crippen LogP contribution in [0.1, 0.15) is 12.5 Å². The molecule has 0 aromatic carbocycles. The van der Waals surface area contributed by atoms with Crippen molar-refractivity contribution in [3.63, 3.8) is 0 Å². The molecule has 0 saturated carbocycles. The van der Waals surface area contributed by atoms with Crippen molar-refractivity contribution in [2.75, 3.05) is 0 Å². The second kappa shape index (κ2) is 2.90. The Kier molecular flexibility index (Phi) is 2.09. The molecule has 5 nitrogen and oxygen atoms in total. The highest BCUT2D eigenvalue weighted by Crippen LogP contribution is 2.06. The fourth-order valence-electron chi connectivity index (χ4n) is 0.747. The van der Waals surface area contributed by atoms with E-state index in [1.165, 1.54) is 6.92 Å². The summed E-state index contributed by atoms with van der Waals surface area (Å²) in [6, 6.07) is 0. The molecule has 0 unspecified atom stereocenters. The van der Waals surface area contributed by atoms with Gasteiger partial charge in [0, 0.05) is 5.71 Å². The van der Waals surface area contributed by atoms with Crippen LogP contribution in [0.4, 0.5) is 0 Å². The van der Waals surface area contributed by atoms with Gasteiger partial charge < -0.3 is 10.5 Å². The Morgan fingerprint density at radius 3 is 2.58 bits per heavy atom. The molecule has 6 heteroatoms. The maximum atomic E-state index is 11.0. The molecule has 1 aromatic heterocycles. The summed E-state index contributed by atoms with van der Waals surface area (Å²) in [5.41, 5.74) is -0.204. The average molecular weight is 186 g/mol. The van der Waals surface area contributed by atoms with E-state index in [9.17, 15) is 9.59 Å². The van der Waals surface area contributed by atoms with Crippen LogP contribution in [0.3, 0.4) is 0 Å². The third kappa shape index (κ3) is 1.42. The van der Waals surface area contributed by atoms with Crippen LogP contribution >= 0.6 is 11.3 Å². The van der Waals surface area contributed by atoms with E-state index >= 15 is 0 Å². The summed E-state index contributed by atoms with van der Waals surface area (Å²) in [5, 5.41) is 16.2. The number of H-pyrrole nitrogens is 1. The SMILES string of the molecule is CC(=N)c1c(O)[nH]c(=O)sc1=O. The molecule has 0 saturated heterocycles. The third-order valence-corrected chi connectivity index (χ3v) is 1.90. The van der Waals surface area contributed by atoms with Crippen LogP contribution in [-0.4, -0.2) is 15.8 Å². The Balaban J connectivity index is 3.60. The molecule has 0 bridgehead atoms. The number of hydrogen-bond acceptors (Lipinski definition) is 5. The fraction of sp³-hybridized carbons (Fsp3) is 0.167. The van der Waals surface area contributed by atoms with Crippen molar-refractivity contribution in [1.29, 1.82) is 5.41 Å². The monoisotopic (exact) mass is 186 g/mol. The predicted molar refractivity (Wildman–Crippen MR) is 45.4 cm³/mol. The lowest BCUT2D eigenvalue weighted by Crippen LogP contribution is -2.16. The molecule has 0 aliphatic rings. The van der Waals surface area contributed by atoms with Crippen LogP contribution in [0.15, 0.2) is 9.59 Å². The highest BCUT2D eigenvalue weighted by atomic mass is 32.1. The highest BCUT2D eigenvalue weighted by Gasteiger charge is 2.09. The van der Waals surface area contributed by atoms with Gasteiger partial charge in [-0.2, -0.15) is 0 Å². The fourth-order valence-corrected chi connectivity index (χ4v) is 1.42. The van der Waals surface area contributed by atoms with Gasteiger partial charge >= 0.3 is 4.87 Å². The van der Waals surface area contributed by atoms with Crippen molar-refractivity contribution >= 4 is 17.0 Å². The molecule has 0 radical (unpaired) electrons. The molecule has 0 atom stereocenters. The molecule has 0 aliphatic carbocycles. The van der Waals surface area contributed by atoms with Crippen molar-refractivity contribution in [3.05, 3.63) is 24.8 Å². The first-order chi connectivity index (χ1) is 5.52. The normalized spacial score (nSPS) is 9.75. The molecule has 0 aliphatic heterocycles. The minimum atomic E-state index is -0.623. The van der Waals surface area contributed by atoms with E-state index < -0.39 is 15.5 Å². The first-order valence-electron chi connectivity index (χ1n) is 3.04. The zero-order chi connectivity index (χ0) is 9.30. The van der Waals surface area contributed by atoms with Crippen molar-refractivity contribution in [2.45, 2.75) is 6.92 Å². The first kappa shape index (κ1) is 8.66. The van der Waals surface area contributed by atoms with Gasteiger partial charge in [-0.05, 0) is 18.3 Å². The summed E-state index contributed by atoms with van der Waals surface area (Å²) in [6.07, 6.45) is 0. The number of aromatic nitrogens is 1. The van der Waals surface area contributed by atoms with Crippen molar-refractivity contribution in [3.8, 4) is 5.88 Å². The quantitative estimate of drug-likeness (QED) is 0.534. The van der Waals surface area contributed by atoms with Crippen molar-refractivity contribution < 1.29 is 5.11 Å². The number of nitrogens with one attached hydrogen (secondary N) is 2. The molecule has 0 amide bonds. The van der Waals surface area contributed by atoms with Crippen LogP contribution in [0, 0.1) is 5.41 Å². The summed E-state index contributed by atoms with van der Waals surface area (Å²) in [4.78, 5) is 23.0. The van der Waals surface area contributed by atoms with Crippen LogP contribution in [0.25, 0.3) is 0 Å². The summed E-state index contributed by atoms with van der Waals surface area (Å²) >= 11 is 0.434. The summed E-state index contributed by atoms with van der Waals surface area (Å²) < 4.78 is -0.594. The molecule has 3 N–H and O–H groups in total. The minimum Gasteiger partial charge on any atom is -0.494 e. The molecular weight excluding hydrogens is 180 g/mol. The highest BCUT2D eigenvalue weighted by molar-refractivity contribution is 7.06. The van der Waals surface area contributed by atoms with Gasteiger partial charge in [0.25, 0.3) is 4.74 Å². The second-order valence-electron chi connectivity index (χ2n) is 2.15. The first-order valence-corrected chi connectivity index (χ1v) is 3.86. The lowest BCUT2D eigenvalue weighted by Gasteiger charge is -1.97. The molecule has 1 heterocycles. The molecule has 12 heavy (non-hydrogen) atoms. The Hall–Kier alpha value is -1.43. The van der Waals surface area contributed by atoms with Crippen molar-refractivity contribution in [2.24, 2.45) is 0 Å². The van der Waals surface area contributed by atoms with Crippen LogP contribution in [-0.2, 0) is 0 Å². The van der Waals surface area contributed by atoms with Gasteiger partial charge in [0.15, 0.2) is 0 Å².